The molecular formula is C43H59N3O7. The van der Waals surface area contributed by atoms with Crippen LogP contribution in [0.2, 0.25) is 0 Å². The Labute approximate surface area is 315 Å². The number of ether oxygens (including phenoxy) is 4. The molecule has 1 aliphatic carbocycles. The van der Waals surface area contributed by atoms with Crippen molar-refractivity contribution in [2.24, 2.45) is 23.7 Å². The number of anilines is 2. The Morgan fingerprint density at radius 3 is 1.58 bits per heavy atom. The van der Waals surface area contributed by atoms with Crippen molar-refractivity contribution in [2.75, 3.05) is 43.7 Å². The van der Waals surface area contributed by atoms with Crippen LogP contribution in [-0.2, 0) is 4.74 Å². The monoisotopic (exact) mass is 729 g/mol. The second-order valence-corrected chi connectivity index (χ2v) is 15.5. The molecule has 1 aliphatic rings. The number of aryl methyl sites for hydroxylation is 1. The maximum atomic E-state index is 13.7. The predicted octanol–water partition coefficient (Wildman–Crippen LogP) is 8.93. The van der Waals surface area contributed by atoms with Gasteiger partial charge in [0.05, 0.1) is 31.2 Å². The van der Waals surface area contributed by atoms with Gasteiger partial charge in [0.2, 0.25) is 0 Å². The van der Waals surface area contributed by atoms with Crippen molar-refractivity contribution >= 4 is 29.1 Å². The number of nitrogens with one attached hydrogen (secondary N) is 3. The lowest BCUT2D eigenvalue weighted by Gasteiger charge is -2.27. The third kappa shape index (κ3) is 13.1. The lowest BCUT2D eigenvalue weighted by molar-refractivity contribution is 0.0816. The maximum Gasteiger partial charge on any atom is 0.255 e. The molecule has 0 atom stereocenters. The molecule has 4 rings (SSSR count). The highest BCUT2D eigenvalue weighted by atomic mass is 16.5. The molecule has 3 amide bonds. The van der Waals surface area contributed by atoms with Gasteiger partial charge in [-0.05, 0) is 110 Å². The van der Waals surface area contributed by atoms with Gasteiger partial charge in [-0.1, -0.05) is 54.5 Å². The van der Waals surface area contributed by atoms with E-state index in [1.807, 2.05) is 40.7 Å². The highest BCUT2D eigenvalue weighted by molar-refractivity contribution is 6.08. The molecule has 0 saturated heterocycles. The van der Waals surface area contributed by atoms with Gasteiger partial charge in [0.1, 0.15) is 23.9 Å². The van der Waals surface area contributed by atoms with Gasteiger partial charge >= 0.3 is 0 Å². The number of hydrogen-bond acceptors (Lipinski definition) is 7. The Hall–Kier alpha value is -4.57. The number of rotatable bonds is 18. The topological polar surface area (TPSA) is 124 Å². The summed E-state index contributed by atoms with van der Waals surface area (Å²) in [5, 5.41) is 9.09. The van der Waals surface area contributed by atoms with Gasteiger partial charge in [0.15, 0.2) is 0 Å². The second-order valence-electron chi connectivity index (χ2n) is 15.5. The molecule has 10 nitrogen and oxygen atoms in total. The summed E-state index contributed by atoms with van der Waals surface area (Å²) in [6.07, 6.45) is 4.16. The van der Waals surface area contributed by atoms with E-state index in [0.717, 1.165) is 31.2 Å². The van der Waals surface area contributed by atoms with Crippen LogP contribution in [0.1, 0.15) is 111 Å². The van der Waals surface area contributed by atoms with Gasteiger partial charge in [-0.25, -0.2) is 0 Å². The minimum atomic E-state index is -0.391. The van der Waals surface area contributed by atoms with E-state index in [4.69, 9.17) is 18.9 Å². The van der Waals surface area contributed by atoms with Crippen molar-refractivity contribution in [1.29, 1.82) is 0 Å². The zero-order valence-electron chi connectivity index (χ0n) is 32.8. The molecule has 0 aliphatic heterocycles. The fourth-order valence-corrected chi connectivity index (χ4v) is 5.77. The van der Waals surface area contributed by atoms with Crippen LogP contribution in [0, 0.1) is 30.6 Å². The number of hydrogen-bond donors (Lipinski definition) is 3. The van der Waals surface area contributed by atoms with Gasteiger partial charge in [-0.3, -0.25) is 14.4 Å². The molecule has 1 saturated carbocycles. The fraction of sp³-hybridized carbons (Fsp3) is 0.512. The Balaban J connectivity index is 1.49. The average Bonchev–Trinajstić information content (AvgIpc) is 3.11. The van der Waals surface area contributed by atoms with Crippen molar-refractivity contribution < 1.29 is 33.3 Å². The van der Waals surface area contributed by atoms with Crippen LogP contribution >= 0.6 is 0 Å². The molecule has 0 unspecified atom stereocenters. The third-order valence-corrected chi connectivity index (χ3v) is 8.87. The maximum absolute atomic E-state index is 13.7. The molecule has 0 radical (unpaired) electrons. The summed E-state index contributed by atoms with van der Waals surface area (Å²) in [5.74, 6) is 2.08. The molecule has 10 heteroatoms. The van der Waals surface area contributed by atoms with Crippen LogP contribution in [-0.4, -0.2) is 56.8 Å². The summed E-state index contributed by atoms with van der Waals surface area (Å²) in [7, 11) is 0. The third-order valence-electron chi connectivity index (χ3n) is 8.87. The van der Waals surface area contributed by atoms with Gasteiger partial charge < -0.3 is 34.9 Å². The zero-order valence-corrected chi connectivity index (χ0v) is 32.8. The molecule has 3 N–H and O–H groups in total. The van der Waals surface area contributed by atoms with Crippen LogP contribution < -0.4 is 30.2 Å². The minimum absolute atomic E-state index is 0.150. The normalized spacial score (nSPS) is 15.7. The molecule has 3 aromatic rings. The number of amides is 3. The molecular weight excluding hydrogens is 670 g/mol. The molecule has 0 spiro atoms. The van der Waals surface area contributed by atoms with E-state index in [1.165, 1.54) is 0 Å². The smallest absolute Gasteiger partial charge is 0.255 e. The van der Waals surface area contributed by atoms with Crippen LogP contribution in [0.4, 0.5) is 11.4 Å². The van der Waals surface area contributed by atoms with E-state index in [2.05, 4.69) is 36.7 Å². The fourth-order valence-electron chi connectivity index (χ4n) is 5.77. The molecule has 0 heterocycles. The Kier molecular flexibility index (Phi) is 15.6. The first-order chi connectivity index (χ1) is 25.3. The predicted molar refractivity (Wildman–Crippen MR) is 211 cm³/mol. The second kappa shape index (κ2) is 20.0. The first-order valence-electron chi connectivity index (χ1n) is 19.1. The van der Waals surface area contributed by atoms with Crippen molar-refractivity contribution in [3.63, 3.8) is 0 Å². The molecule has 1 fully saturated rings. The highest BCUT2D eigenvalue weighted by Gasteiger charge is 2.22. The lowest BCUT2D eigenvalue weighted by Crippen LogP contribution is -2.37. The van der Waals surface area contributed by atoms with Crippen molar-refractivity contribution in [2.45, 2.75) is 87.1 Å². The number of carbonyl (C=O) groups is 3. The SMILES string of the molecule is Cc1ccc(C(=O)Nc2ccc(C(=O)Nc3ccc(C(=O)NC4CCC(C)CC4)cc3OCC(C)C)cc2OCC(C)C)cc1OCCOCC(C)C. The average molecular weight is 730 g/mol. The van der Waals surface area contributed by atoms with Gasteiger partial charge in [0.25, 0.3) is 17.7 Å². The molecule has 0 bridgehead atoms. The van der Waals surface area contributed by atoms with E-state index in [-0.39, 0.29) is 29.7 Å². The van der Waals surface area contributed by atoms with Gasteiger partial charge in [-0.2, -0.15) is 0 Å². The first kappa shape index (κ1) is 41.2. The molecule has 0 aromatic heterocycles. The van der Waals surface area contributed by atoms with Crippen LogP contribution in [0.15, 0.2) is 54.6 Å². The molecule has 288 valence electrons. The Morgan fingerprint density at radius 1 is 0.604 bits per heavy atom. The van der Waals surface area contributed by atoms with Crippen molar-refractivity contribution in [3.05, 3.63) is 76.9 Å². The van der Waals surface area contributed by atoms with E-state index < -0.39 is 5.91 Å². The first-order valence-corrected chi connectivity index (χ1v) is 19.1. The highest BCUT2D eigenvalue weighted by Crippen LogP contribution is 2.31. The molecule has 53 heavy (non-hydrogen) atoms. The Bertz CT molecular complexity index is 1680. The summed E-state index contributed by atoms with van der Waals surface area (Å²) in [5.41, 5.74) is 3.02. The zero-order chi connectivity index (χ0) is 38.5. The summed E-state index contributed by atoms with van der Waals surface area (Å²) < 4.78 is 23.8. The largest absolute Gasteiger partial charge is 0.491 e. The van der Waals surface area contributed by atoms with E-state index >= 15 is 0 Å². The molecule has 3 aromatic carbocycles. The van der Waals surface area contributed by atoms with Crippen molar-refractivity contribution in [3.8, 4) is 17.2 Å². The summed E-state index contributed by atoms with van der Waals surface area (Å²) in [6, 6.07) is 15.5. The lowest BCUT2D eigenvalue weighted by atomic mass is 9.87. The van der Waals surface area contributed by atoms with E-state index in [1.54, 1.807) is 48.5 Å². The Morgan fingerprint density at radius 2 is 1.08 bits per heavy atom. The van der Waals surface area contributed by atoms with Gasteiger partial charge in [0, 0.05) is 29.3 Å². The van der Waals surface area contributed by atoms with E-state index in [0.29, 0.717) is 90.2 Å². The number of carbonyl (C=O) groups excluding carboxylic acids is 3. The quantitative estimate of drug-likeness (QED) is 0.112. The summed E-state index contributed by atoms with van der Waals surface area (Å²) in [6.45, 7) is 18.8. The van der Waals surface area contributed by atoms with Crippen LogP contribution in [0.5, 0.6) is 17.2 Å². The number of benzene rings is 3. The van der Waals surface area contributed by atoms with Crippen molar-refractivity contribution in [1.82, 2.24) is 5.32 Å². The minimum Gasteiger partial charge on any atom is -0.491 e. The van der Waals surface area contributed by atoms with Crippen LogP contribution in [0.3, 0.4) is 0 Å². The van der Waals surface area contributed by atoms with E-state index in [9.17, 15) is 14.4 Å². The summed E-state index contributed by atoms with van der Waals surface area (Å²) in [4.78, 5) is 40.3. The van der Waals surface area contributed by atoms with Crippen LogP contribution in [0.25, 0.3) is 0 Å². The van der Waals surface area contributed by atoms with Gasteiger partial charge in [-0.15, -0.1) is 0 Å². The summed E-state index contributed by atoms with van der Waals surface area (Å²) >= 11 is 0. The standard InChI is InChI=1S/C43H59N3O7/c1-27(2)24-50-19-20-51-38-21-32(12-11-31(38)8)42(48)45-37-18-14-34(23-40(37)53-26-29(5)6)43(49)46-36-17-13-33(22-39(36)52-25-28(3)4)41(47)44-35-15-9-30(7)10-16-35/h11-14,17-18,21-23,27-30,35H,9-10,15-16,19-20,24-26H2,1-8H3,(H,44,47)(H,45,48)(H,46,49).